The van der Waals surface area contributed by atoms with Crippen molar-refractivity contribution in [3.63, 3.8) is 0 Å². The average molecular weight is 231 g/mol. The van der Waals surface area contributed by atoms with Gasteiger partial charge in [-0.3, -0.25) is 4.79 Å². The molecule has 5 nitrogen and oxygen atoms in total. The lowest BCUT2D eigenvalue weighted by atomic mass is 10.1. The van der Waals surface area contributed by atoms with Gasteiger partial charge in [0.25, 0.3) is 0 Å². The monoisotopic (exact) mass is 230 g/mol. The van der Waals surface area contributed by atoms with Crippen LogP contribution in [0.25, 0.3) is 0 Å². The second kappa shape index (κ2) is 4.95. The molecule has 0 aliphatic rings. The van der Waals surface area contributed by atoms with Crippen LogP contribution in [0, 0.1) is 0 Å². The second-order valence-electron chi connectivity index (χ2n) is 2.73. The Morgan fingerprint density at radius 1 is 1.53 bits per heavy atom. The number of methoxy groups -OCH3 is 2. The van der Waals surface area contributed by atoms with Crippen LogP contribution in [0.5, 0.6) is 5.88 Å². The zero-order valence-electron chi connectivity index (χ0n) is 8.36. The highest BCUT2D eigenvalue weighted by atomic mass is 35.5. The molecule has 0 saturated heterocycles. The maximum atomic E-state index is 11.2. The van der Waals surface area contributed by atoms with E-state index in [9.17, 15) is 4.79 Å². The minimum atomic E-state index is -0.922. The van der Waals surface area contributed by atoms with Crippen molar-refractivity contribution in [2.45, 2.75) is 6.04 Å². The molecule has 0 spiro atoms. The number of ether oxygens (including phenoxy) is 2. The molecule has 1 atom stereocenters. The van der Waals surface area contributed by atoms with Gasteiger partial charge in [-0.05, 0) is 12.1 Å². The second-order valence-corrected chi connectivity index (χ2v) is 3.12. The molecule has 0 aliphatic heterocycles. The van der Waals surface area contributed by atoms with E-state index in [0.29, 0.717) is 5.56 Å². The van der Waals surface area contributed by atoms with Gasteiger partial charge in [0, 0.05) is 5.56 Å². The molecular formula is C9H11ClN2O3. The minimum Gasteiger partial charge on any atom is -0.481 e. The molecular weight excluding hydrogens is 220 g/mol. The minimum absolute atomic E-state index is 0.223. The lowest BCUT2D eigenvalue weighted by Crippen LogP contribution is -2.23. The lowest BCUT2D eigenvalue weighted by Gasteiger charge is -2.12. The number of hydrogen-bond donors (Lipinski definition) is 1. The summed E-state index contributed by atoms with van der Waals surface area (Å²) in [6.07, 6.45) is 0. The van der Waals surface area contributed by atoms with Crippen LogP contribution in [0.15, 0.2) is 12.1 Å². The summed E-state index contributed by atoms with van der Waals surface area (Å²) in [5, 5.41) is 0.271. The number of halogens is 1. The van der Waals surface area contributed by atoms with Crippen molar-refractivity contribution in [1.82, 2.24) is 4.98 Å². The molecule has 2 N–H and O–H groups in total. The number of rotatable bonds is 3. The van der Waals surface area contributed by atoms with Gasteiger partial charge in [-0.1, -0.05) is 11.6 Å². The largest absolute Gasteiger partial charge is 0.481 e. The molecule has 1 rings (SSSR count). The van der Waals surface area contributed by atoms with Crippen molar-refractivity contribution in [3.8, 4) is 5.88 Å². The molecule has 0 fully saturated rings. The van der Waals surface area contributed by atoms with Crippen LogP contribution in [0.2, 0.25) is 5.15 Å². The van der Waals surface area contributed by atoms with Crippen molar-refractivity contribution in [3.05, 3.63) is 22.8 Å². The van der Waals surface area contributed by atoms with Crippen LogP contribution in [0.3, 0.4) is 0 Å². The Morgan fingerprint density at radius 2 is 2.20 bits per heavy atom. The Bertz CT molecular complexity index is 370. The fourth-order valence-corrected chi connectivity index (χ4v) is 1.22. The van der Waals surface area contributed by atoms with E-state index < -0.39 is 12.0 Å². The van der Waals surface area contributed by atoms with Gasteiger partial charge in [-0.15, -0.1) is 0 Å². The van der Waals surface area contributed by atoms with Gasteiger partial charge in [0.1, 0.15) is 11.2 Å². The third kappa shape index (κ3) is 2.57. The van der Waals surface area contributed by atoms with E-state index in [1.165, 1.54) is 20.3 Å². The van der Waals surface area contributed by atoms with Gasteiger partial charge in [0.15, 0.2) is 0 Å². The summed E-state index contributed by atoms with van der Waals surface area (Å²) >= 11 is 5.67. The Hall–Kier alpha value is -1.33. The molecule has 1 aromatic rings. The standard InChI is InChI=1S/C9H11ClN2O3/c1-14-8-5(3-4-6(10)12-8)7(11)9(13)15-2/h3-4,7H,11H2,1-2H3. The quantitative estimate of drug-likeness (QED) is 0.617. The van der Waals surface area contributed by atoms with Crippen molar-refractivity contribution in [2.24, 2.45) is 5.73 Å². The van der Waals surface area contributed by atoms with Gasteiger partial charge >= 0.3 is 5.97 Å². The average Bonchev–Trinajstić information content (AvgIpc) is 2.26. The van der Waals surface area contributed by atoms with Gasteiger partial charge < -0.3 is 15.2 Å². The molecule has 82 valence electrons. The number of carbonyl (C=O) groups is 1. The molecule has 0 aliphatic carbocycles. The Labute approximate surface area is 92.1 Å². The summed E-state index contributed by atoms with van der Waals surface area (Å²) in [4.78, 5) is 15.1. The Kier molecular flexibility index (Phi) is 3.88. The molecule has 1 unspecified atom stereocenters. The first-order chi connectivity index (χ1) is 7.10. The number of nitrogens with zero attached hydrogens (tertiary/aromatic N) is 1. The van der Waals surface area contributed by atoms with Crippen LogP contribution >= 0.6 is 11.6 Å². The first-order valence-electron chi connectivity index (χ1n) is 4.14. The van der Waals surface area contributed by atoms with E-state index in [1.807, 2.05) is 0 Å². The number of hydrogen-bond acceptors (Lipinski definition) is 5. The highest BCUT2D eigenvalue weighted by Crippen LogP contribution is 2.24. The van der Waals surface area contributed by atoms with Gasteiger partial charge in [-0.2, -0.15) is 0 Å². The molecule has 0 bridgehead atoms. The van der Waals surface area contributed by atoms with Gasteiger partial charge in [-0.25, -0.2) is 4.98 Å². The number of pyridine rings is 1. The summed E-state index contributed by atoms with van der Waals surface area (Å²) in [6.45, 7) is 0. The Morgan fingerprint density at radius 3 is 2.73 bits per heavy atom. The van der Waals surface area contributed by atoms with E-state index in [1.54, 1.807) is 6.07 Å². The fraction of sp³-hybridized carbons (Fsp3) is 0.333. The van der Waals surface area contributed by atoms with Crippen molar-refractivity contribution in [1.29, 1.82) is 0 Å². The zero-order valence-corrected chi connectivity index (χ0v) is 9.12. The molecule has 0 saturated carbocycles. The van der Waals surface area contributed by atoms with E-state index in [-0.39, 0.29) is 11.0 Å². The number of carbonyl (C=O) groups excluding carboxylic acids is 1. The van der Waals surface area contributed by atoms with Gasteiger partial charge in [0.05, 0.1) is 14.2 Å². The lowest BCUT2D eigenvalue weighted by molar-refractivity contribution is -0.142. The molecule has 0 radical (unpaired) electrons. The molecule has 6 heteroatoms. The van der Waals surface area contributed by atoms with Crippen LogP contribution in [-0.2, 0) is 9.53 Å². The summed E-state index contributed by atoms with van der Waals surface area (Å²) in [5.41, 5.74) is 6.08. The molecule has 0 amide bonds. The van der Waals surface area contributed by atoms with E-state index >= 15 is 0 Å². The third-order valence-electron chi connectivity index (χ3n) is 1.84. The van der Waals surface area contributed by atoms with Crippen LogP contribution in [0.4, 0.5) is 0 Å². The summed E-state index contributed by atoms with van der Waals surface area (Å²) in [5.74, 6) is -0.335. The Balaban J connectivity index is 3.07. The first kappa shape index (κ1) is 11.7. The van der Waals surface area contributed by atoms with E-state index in [4.69, 9.17) is 22.1 Å². The molecule has 1 aromatic heterocycles. The van der Waals surface area contributed by atoms with E-state index in [2.05, 4.69) is 9.72 Å². The highest BCUT2D eigenvalue weighted by Gasteiger charge is 2.21. The molecule has 15 heavy (non-hydrogen) atoms. The van der Waals surface area contributed by atoms with Crippen LogP contribution in [-0.4, -0.2) is 25.2 Å². The van der Waals surface area contributed by atoms with Crippen molar-refractivity contribution in [2.75, 3.05) is 14.2 Å². The summed E-state index contributed by atoms with van der Waals surface area (Å²) < 4.78 is 9.47. The molecule has 1 heterocycles. The topological polar surface area (TPSA) is 74.4 Å². The normalized spacial score (nSPS) is 12.0. The van der Waals surface area contributed by atoms with Crippen LogP contribution in [0.1, 0.15) is 11.6 Å². The smallest absolute Gasteiger partial charge is 0.327 e. The fourth-order valence-electron chi connectivity index (χ4n) is 1.08. The number of aromatic nitrogens is 1. The predicted octanol–water partition coefficient (Wildman–Crippen LogP) is 0.916. The van der Waals surface area contributed by atoms with E-state index in [0.717, 1.165) is 0 Å². The maximum absolute atomic E-state index is 11.2. The maximum Gasteiger partial charge on any atom is 0.327 e. The van der Waals surface area contributed by atoms with Crippen molar-refractivity contribution >= 4 is 17.6 Å². The SMILES string of the molecule is COC(=O)C(N)c1ccc(Cl)nc1OC. The predicted molar refractivity (Wildman–Crippen MR) is 54.7 cm³/mol. The summed E-state index contributed by atoms with van der Waals surface area (Å²) in [6, 6.07) is 2.19. The number of esters is 1. The number of nitrogens with two attached hydrogens (primary N) is 1. The van der Waals surface area contributed by atoms with Crippen LogP contribution < -0.4 is 10.5 Å². The van der Waals surface area contributed by atoms with Crippen molar-refractivity contribution < 1.29 is 14.3 Å². The first-order valence-corrected chi connectivity index (χ1v) is 4.51. The zero-order chi connectivity index (χ0) is 11.4. The highest BCUT2D eigenvalue weighted by molar-refractivity contribution is 6.29. The third-order valence-corrected chi connectivity index (χ3v) is 2.05. The van der Waals surface area contributed by atoms with Gasteiger partial charge in [0.2, 0.25) is 5.88 Å². The molecule has 0 aromatic carbocycles. The summed E-state index contributed by atoms with van der Waals surface area (Å²) in [7, 11) is 2.68.